The number of hydrogen-bond donors (Lipinski definition) is 1. The summed E-state index contributed by atoms with van der Waals surface area (Å²) in [6, 6.07) is 0. The maximum atomic E-state index is 5.57. The fourth-order valence-electron chi connectivity index (χ4n) is 2.68. The number of ether oxygens (including phenoxy) is 1. The topological polar surface area (TPSA) is 68.1 Å². The van der Waals surface area contributed by atoms with E-state index in [2.05, 4.69) is 39.1 Å². The third-order valence-electron chi connectivity index (χ3n) is 4.02. The van der Waals surface area contributed by atoms with Gasteiger partial charge in [-0.3, -0.25) is 9.58 Å². The first-order valence-corrected chi connectivity index (χ1v) is 7.20. The van der Waals surface area contributed by atoms with Crippen LogP contribution in [0.3, 0.4) is 0 Å². The van der Waals surface area contributed by atoms with E-state index in [4.69, 9.17) is 4.74 Å². The van der Waals surface area contributed by atoms with Crippen LogP contribution in [0.15, 0.2) is 6.20 Å². The molecule has 1 saturated heterocycles. The van der Waals surface area contributed by atoms with Crippen molar-refractivity contribution in [2.24, 2.45) is 7.05 Å². The number of aromatic nitrogens is 4. The minimum atomic E-state index is 0.00281. The number of aryl methyl sites for hydroxylation is 1. The molecule has 2 aromatic heterocycles. The van der Waals surface area contributed by atoms with Crippen LogP contribution in [0.2, 0.25) is 0 Å². The Morgan fingerprint density at radius 3 is 2.90 bits per heavy atom. The Bertz CT molecular complexity index is 650. The molecule has 21 heavy (non-hydrogen) atoms. The van der Waals surface area contributed by atoms with Gasteiger partial charge in [0, 0.05) is 26.2 Å². The van der Waals surface area contributed by atoms with E-state index in [0.717, 1.165) is 42.4 Å². The summed E-state index contributed by atoms with van der Waals surface area (Å²) in [5.74, 6) is 1.64. The lowest BCUT2D eigenvalue weighted by Gasteiger charge is -2.41. The molecule has 1 aliphatic heterocycles. The summed E-state index contributed by atoms with van der Waals surface area (Å²) in [4.78, 5) is 11.7. The van der Waals surface area contributed by atoms with Crippen LogP contribution in [0, 0.1) is 0 Å². The second-order valence-electron chi connectivity index (χ2n) is 6.03. The molecule has 0 atom stereocenters. The van der Waals surface area contributed by atoms with Crippen molar-refractivity contribution in [3.05, 3.63) is 12.0 Å². The van der Waals surface area contributed by atoms with E-state index in [1.54, 1.807) is 10.9 Å². The predicted octanol–water partition coefficient (Wildman–Crippen LogP) is 1.02. The van der Waals surface area contributed by atoms with E-state index in [-0.39, 0.29) is 5.54 Å². The van der Waals surface area contributed by atoms with Crippen LogP contribution in [-0.2, 0) is 18.3 Å². The van der Waals surface area contributed by atoms with E-state index in [1.165, 1.54) is 0 Å². The van der Waals surface area contributed by atoms with Gasteiger partial charge >= 0.3 is 0 Å². The lowest BCUT2D eigenvalue weighted by Crippen LogP contribution is -2.52. The fraction of sp³-hybridized carbons (Fsp3) is 0.643. The first-order valence-electron chi connectivity index (χ1n) is 7.20. The average Bonchev–Trinajstić information content (AvgIpc) is 2.82. The molecule has 0 amide bonds. The molecule has 1 aliphatic rings. The Morgan fingerprint density at radius 2 is 2.19 bits per heavy atom. The summed E-state index contributed by atoms with van der Waals surface area (Å²) in [5, 5.41) is 8.34. The average molecular weight is 290 g/mol. The molecule has 2 aromatic rings. The Balaban J connectivity index is 1.95. The van der Waals surface area contributed by atoms with Gasteiger partial charge in [-0.15, -0.1) is 0 Å². The van der Waals surface area contributed by atoms with E-state index in [1.807, 2.05) is 14.1 Å². The second-order valence-corrected chi connectivity index (χ2v) is 6.03. The summed E-state index contributed by atoms with van der Waals surface area (Å²) >= 11 is 0. The molecule has 0 bridgehead atoms. The molecule has 7 nitrogen and oxygen atoms in total. The quantitative estimate of drug-likeness (QED) is 0.910. The van der Waals surface area contributed by atoms with E-state index >= 15 is 0 Å². The Kier molecular flexibility index (Phi) is 3.54. The van der Waals surface area contributed by atoms with Crippen molar-refractivity contribution < 1.29 is 4.74 Å². The van der Waals surface area contributed by atoms with Gasteiger partial charge in [0.05, 0.1) is 31.3 Å². The molecular weight excluding hydrogens is 268 g/mol. The third-order valence-corrected chi connectivity index (χ3v) is 4.02. The first kappa shape index (κ1) is 14.2. The fourth-order valence-corrected chi connectivity index (χ4v) is 2.68. The minimum absolute atomic E-state index is 0.00281. The normalized spacial score (nSPS) is 19.0. The lowest BCUT2D eigenvalue weighted by atomic mass is 10.0. The zero-order valence-electron chi connectivity index (χ0n) is 13.1. The Labute approximate surface area is 124 Å². The van der Waals surface area contributed by atoms with Crippen LogP contribution in [0.5, 0.6) is 0 Å². The minimum Gasteiger partial charge on any atom is -0.378 e. The van der Waals surface area contributed by atoms with Crippen LogP contribution in [0.25, 0.3) is 11.0 Å². The molecule has 0 aromatic carbocycles. The van der Waals surface area contributed by atoms with Crippen LogP contribution in [0.1, 0.15) is 19.7 Å². The number of morpholine rings is 1. The molecule has 0 spiro atoms. The first-order chi connectivity index (χ1) is 10.0. The molecule has 0 saturated carbocycles. The number of nitrogens with one attached hydrogen (secondary N) is 1. The summed E-state index contributed by atoms with van der Waals surface area (Å²) in [5.41, 5.74) is 0.860. The SMILES string of the molecule is CNc1nc(CN2CCOCC2(C)C)nc2c1cnn2C. The second kappa shape index (κ2) is 5.23. The summed E-state index contributed by atoms with van der Waals surface area (Å²) in [7, 11) is 3.77. The van der Waals surface area contributed by atoms with Gasteiger partial charge in [0.15, 0.2) is 5.65 Å². The van der Waals surface area contributed by atoms with Gasteiger partial charge in [0.1, 0.15) is 11.6 Å². The summed E-state index contributed by atoms with van der Waals surface area (Å²) < 4.78 is 7.35. The van der Waals surface area contributed by atoms with E-state index < -0.39 is 0 Å². The number of rotatable bonds is 3. The summed E-state index contributed by atoms with van der Waals surface area (Å²) in [6.45, 7) is 7.48. The number of nitrogens with zero attached hydrogens (tertiary/aromatic N) is 5. The van der Waals surface area contributed by atoms with Crippen molar-refractivity contribution in [1.82, 2.24) is 24.6 Å². The molecule has 0 unspecified atom stereocenters. The highest BCUT2D eigenvalue weighted by Gasteiger charge is 2.31. The zero-order chi connectivity index (χ0) is 15.0. The largest absolute Gasteiger partial charge is 0.378 e. The highest BCUT2D eigenvalue weighted by atomic mass is 16.5. The smallest absolute Gasteiger partial charge is 0.163 e. The van der Waals surface area contributed by atoms with Crippen molar-refractivity contribution in [3.63, 3.8) is 0 Å². The van der Waals surface area contributed by atoms with Gasteiger partial charge in [-0.25, -0.2) is 9.97 Å². The predicted molar refractivity (Wildman–Crippen MR) is 81.2 cm³/mol. The Morgan fingerprint density at radius 1 is 1.38 bits per heavy atom. The molecule has 0 radical (unpaired) electrons. The monoisotopic (exact) mass is 290 g/mol. The standard InChI is InChI=1S/C14H22N6O/c1-14(2)9-21-6-5-20(14)8-11-17-12(15-3)10-7-16-19(4)13(10)18-11/h7H,5-6,8-9H2,1-4H3,(H,15,17,18). The highest BCUT2D eigenvalue weighted by Crippen LogP contribution is 2.23. The lowest BCUT2D eigenvalue weighted by molar-refractivity contribution is -0.0562. The molecule has 3 heterocycles. The van der Waals surface area contributed by atoms with Crippen molar-refractivity contribution in [1.29, 1.82) is 0 Å². The van der Waals surface area contributed by atoms with Crippen molar-refractivity contribution >= 4 is 16.9 Å². The van der Waals surface area contributed by atoms with Gasteiger partial charge in [0.2, 0.25) is 0 Å². The number of hydrogen-bond acceptors (Lipinski definition) is 6. The zero-order valence-corrected chi connectivity index (χ0v) is 13.1. The van der Waals surface area contributed by atoms with Gasteiger partial charge in [-0.2, -0.15) is 5.10 Å². The highest BCUT2D eigenvalue weighted by molar-refractivity contribution is 5.86. The molecular formula is C14H22N6O. The van der Waals surface area contributed by atoms with Gasteiger partial charge in [-0.1, -0.05) is 0 Å². The van der Waals surface area contributed by atoms with Crippen LogP contribution >= 0.6 is 0 Å². The van der Waals surface area contributed by atoms with Gasteiger partial charge in [0.25, 0.3) is 0 Å². The summed E-state index contributed by atoms with van der Waals surface area (Å²) in [6.07, 6.45) is 1.80. The van der Waals surface area contributed by atoms with Crippen molar-refractivity contribution in [3.8, 4) is 0 Å². The molecule has 1 N–H and O–H groups in total. The molecule has 0 aliphatic carbocycles. The molecule has 3 rings (SSSR count). The number of anilines is 1. The number of fused-ring (bicyclic) bond motifs is 1. The van der Waals surface area contributed by atoms with Crippen LogP contribution in [0.4, 0.5) is 5.82 Å². The third kappa shape index (κ3) is 2.58. The molecule has 1 fully saturated rings. The maximum absolute atomic E-state index is 5.57. The van der Waals surface area contributed by atoms with E-state index in [0.29, 0.717) is 6.54 Å². The van der Waals surface area contributed by atoms with Crippen LogP contribution in [-0.4, -0.2) is 57.0 Å². The van der Waals surface area contributed by atoms with Crippen LogP contribution < -0.4 is 5.32 Å². The van der Waals surface area contributed by atoms with Gasteiger partial charge in [-0.05, 0) is 13.8 Å². The maximum Gasteiger partial charge on any atom is 0.163 e. The van der Waals surface area contributed by atoms with Gasteiger partial charge < -0.3 is 10.1 Å². The molecule has 7 heteroatoms. The van der Waals surface area contributed by atoms with Crippen molar-refractivity contribution in [2.75, 3.05) is 32.1 Å². The van der Waals surface area contributed by atoms with Crippen molar-refractivity contribution in [2.45, 2.75) is 25.9 Å². The van der Waals surface area contributed by atoms with E-state index in [9.17, 15) is 0 Å². The Hall–Kier alpha value is -1.73. The molecule has 114 valence electrons.